The fraction of sp³-hybridized carbons (Fsp3) is 0.867. The first kappa shape index (κ1) is 19.1. The van der Waals surface area contributed by atoms with E-state index in [1.807, 2.05) is 0 Å². The van der Waals surface area contributed by atoms with Gasteiger partial charge in [-0.05, 0) is 6.42 Å². The number of carbonyl (C=O) groups excluding carboxylic acids is 2. The monoisotopic (exact) mass is 287 g/mol. The van der Waals surface area contributed by atoms with Crippen molar-refractivity contribution in [3.8, 4) is 0 Å². The number of aliphatic hydroxyl groups is 1. The molecule has 0 spiro atoms. The molecule has 0 bridgehead atoms. The summed E-state index contributed by atoms with van der Waals surface area (Å²) in [5, 5.41) is 8.63. The second kappa shape index (κ2) is 13.1. The molecule has 3 N–H and O–H groups in total. The van der Waals surface area contributed by atoms with E-state index in [9.17, 15) is 9.59 Å². The summed E-state index contributed by atoms with van der Waals surface area (Å²) in [4.78, 5) is 22.4. The van der Waals surface area contributed by atoms with Crippen LogP contribution < -0.4 is 5.73 Å². The summed E-state index contributed by atoms with van der Waals surface area (Å²) in [5.74, 6) is -1.41. The van der Waals surface area contributed by atoms with Crippen LogP contribution in [0.2, 0.25) is 0 Å². The molecule has 0 aliphatic heterocycles. The zero-order valence-electron chi connectivity index (χ0n) is 12.6. The Labute approximate surface area is 121 Å². The van der Waals surface area contributed by atoms with Crippen LogP contribution in [-0.4, -0.2) is 29.7 Å². The van der Waals surface area contributed by atoms with Gasteiger partial charge in [0, 0.05) is 6.42 Å². The van der Waals surface area contributed by atoms with Gasteiger partial charge >= 0.3 is 11.9 Å². The van der Waals surface area contributed by atoms with Gasteiger partial charge in [-0.3, -0.25) is 4.79 Å². The third-order valence-electron chi connectivity index (χ3n) is 3.20. The predicted octanol–water partition coefficient (Wildman–Crippen LogP) is 2.30. The Hall–Kier alpha value is -0.940. The van der Waals surface area contributed by atoms with Crippen LogP contribution in [0.15, 0.2) is 0 Å². The summed E-state index contributed by atoms with van der Waals surface area (Å²) in [6, 6.07) is -1.12. The Morgan fingerprint density at radius 3 is 2.00 bits per heavy atom. The van der Waals surface area contributed by atoms with E-state index in [0.717, 1.165) is 19.3 Å². The van der Waals surface area contributed by atoms with E-state index >= 15 is 0 Å². The van der Waals surface area contributed by atoms with Crippen LogP contribution in [0, 0.1) is 0 Å². The van der Waals surface area contributed by atoms with Crippen LogP contribution in [0.5, 0.6) is 0 Å². The van der Waals surface area contributed by atoms with Crippen molar-refractivity contribution in [3.05, 3.63) is 0 Å². The minimum absolute atomic E-state index is 0.236. The van der Waals surface area contributed by atoms with Gasteiger partial charge in [-0.2, -0.15) is 0 Å². The van der Waals surface area contributed by atoms with Crippen molar-refractivity contribution in [3.63, 3.8) is 0 Å². The van der Waals surface area contributed by atoms with Crippen LogP contribution in [-0.2, 0) is 14.3 Å². The van der Waals surface area contributed by atoms with Crippen molar-refractivity contribution in [2.75, 3.05) is 6.61 Å². The van der Waals surface area contributed by atoms with Crippen LogP contribution in [0.1, 0.15) is 71.1 Å². The van der Waals surface area contributed by atoms with Crippen molar-refractivity contribution in [2.45, 2.75) is 77.2 Å². The fourth-order valence-electron chi connectivity index (χ4n) is 1.89. The van der Waals surface area contributed by atoms with Crippen molar-refractivity contribution >= 4 is 11.9 Å². The molecule has 0 aromatic rings. The highest BCUT2D eigenvalue weighted by molar-refractivity contribution is 5.88. The first-order chi connectivity index (χ1) is 9.61. The molecule has 0 heterocycles. The number of esters is 2. The zero-order chi connectivity index (χ0) is 15.2. The highest BCUT2D eigenvalue weighted by atomic mass is 16.6. The van der Waals surface area contributed by atoms with Gasteiger partial charge < -0.3 is 15.6 Å². The summed E-state index contributed by atoms with van der Waals surface area (Å²) in [6.07, 6.45) is 10.7. The molecule has 0 rings (SSSR count). The van der Waals surface area contributed by atoms with E-state index in [1.54, 1.807) is 0 Å². The lowest BCUT2D eigenvalue weighted by molar-refractivity contribution is -0.161. The third-order valence-corrected chi connectivity index (χ3v) is 3.20. The number of rotatable bonds is 12. The lowest BCUT2D eigenvalue weighted by Crippen LogP contribution is -2.36. The average molecular weight is 287 g/mol. The number of hydrogen-bond acceptors (Lipinski definition) is 5. The molecule has 5 nitrogen and oxygen atoms in total. The molecular formula is C15H29NO4. The van der Waals surface area contributed by atoms with Crippen molar-refractivity contribution < 1.29 is 19.4 Å². The molecule has 0 saturated carbocycles. The van der Waals surface area contributed by atoms with Gasteiger partial charge in [-0.1, -0.05) is 58.3 Å². The number of carbonyl (C=O) groups is 2. The smallest absolute Gasteiger partial charge is 0.332 e. The number of unbranched alkanes of at least 4 members (excludes halogenated alkanes) is 8. The second-order valence-electron chi connectivity index (χ2n) is 5.16. The highest BCUT2D eigenvalue weighted by Crippen LogP contribution is 2.10. The molecule has 0 amide bonds. The summed E-state index contributed by atoms with van der Waals surface area (Å²) >= 11 is 0. The van der Waals surface area contributed by atoms with Gasteiger partial charge in [0.15, 0.2) is 0 Å². The minimum atomic E-state index is -1.12. The lowest BCUT2D eigenvalue weighted by Gasteiger charge is -2.07. The fourth-order valence-corrected chi connectivity index (χ4v) is 1.89. The maximum Gasteiger partial charge on any atom is 0.332 e. The number of hydrogen-bond donors (Lipinski definition) is 2. The quantitative estimate of drug-likeness (QED) is 0.326. The summed E-state index contributed by atoms with van der Waals surface area (Å²) in [7, 11) is 0. The van der Waals surface area contributed by atoms with Crippen LogP contribution >= 0.6 is 0 Å². The first-order valence-electron chi connectivity index (χ1n) is 7.72. The number of nitrogens with two attached hydrogens (primary N) is 1. The summed E-state index contributed by atoms with van der Waals surface area (Å²) < 4.78 is 4.51. The molecule has 0 fully saturated rings. The van der Waals surface area contributed by atoms with Crippen LogP contribution in [0.3, 0.4) is 0 Å². The van der Waals surface area contributed by atoms with Crippen molar-refractivity contribution in [1.82, 2.24) is 0 Å². The van der Waals surface area contributed by atoms with Gasteiger partial charge in [0.2, 0.25) is 0 Å². The van der Waals surface area contributed by atoms with Crippen LogP contribution in [0.25, 0.3) is 0 Å². The molecular weight excluding hydrogens is 258 g/mol. The zero-order valence-corrected chi connectivity index (χ0v) is 12.6. The standard InChI is InChI=1S/C15H29NO4/c1-2-3-4-5-6-7-8-9-10-11-14(18)20-15(19)13(16)12-17/h13,17H,2-12,16H2,1H3/t13-/m0/s1. The summed E-state index contributed by atoms with van der Waals surface area (Å²) in [5.41, 5.74) is 5.23. The SMILES string of the molecule is CCCCCCCCCCCC(=O)OC(=O)[C@@H](N)CO. The molecule has 5 heteroatoms. The largest absolute Gasteiger partial charge is 0.394 e. The molecule has 0 unspecified atom stereocenters. The van der Waals surface area contributed by atoms with Crippen molar-refractivity contribution in [2.24, 2.45) is 5.73 Å². The molecule has 0 radical (unpaired) electrons. The van der Waals surface area contributed by atoms with Gasteiger partial charge in [0.05, 0.1) is 6.61 Å². The predicted molar refractivity (Wildman–Crippen MR) is 78.0 cm³/mol. The normalized spacial score (nSPS) is 12.2. The van der Waals surface area contributed by atoms with Crippen LogP contribution in [0.4, 0.5) is 0 Å². The Morgan fingerprint density at radius 2 is 1.50 bits per heavy atom. The van der Waals surface area contributed by atoms with E-state index in [2.05, 4.69) is 11.7 Å². The summed E-state index contributed by atoms with van der Waals surface area (Å²) in [6.45, 7) is 1.70. The van der Waals surface area contributed by atoms with Crippen molar-refractivity contribution in [1.29, 1.82) is 0 Å². The van der Waals surface area contributed by atoms with Gasteiger partial charge in [-0.15, -0.1) is 0 Å². The van der Waals surface area contributed by atoms with Gasteiger partial charge in [0.1, 0.15) is 6.04 Å². The van der Waals surface area contributed by atoms with Gasteiger partial charge in [-0.25, -0.2) is 4.79 Å². The van der Waals surface area contributed by atoms with E-state index < -0.39 is 24.6 Å². The Morgan fingerprint density at radius 1 is 1.00 bits per heavy atom. The maximum absolute atomic E-state index is 11.3. The molecule has 20 heavy (non-hydrogen) atoms. The lowest BCUT2D eigenvalue weighted by atomic mass is 10.1. The molecule has 118 valence electrons. The molecule has 0 aliphatic rings. The number of ether oxygens (including phenoxy) is 1. The van der Waals surface area contributed by atoms with E-state index in [0.29, 0.717) is 0 Å². The molecule has 0 aliphatic carbocycles. The Kier molecular flexibility index (Phi) is 12.4. The number of aliphatic hydroxyl groups excluding tert-OH is 1. The van der Waals surface area contributed by atoms with E-state index in [4.69, 9.17) is 10.8 Å². The average Bonchev–Trinajstić information content (AvgIpc) is 2.44. The van der Waals surface area contributed by atoms with Gasteiger partial charge in [0.25, 0.3) is 0 Å². The second-order valence-corrected chi connectivity index (χ2v) is 5.16. The maximum atomic E-state index is 11.3. The molecule has 0 aromatic carbocycles. The topological polar surface area (TPSA) is 89.6 Å². The third kappa shape index (κ3) is 10.9. The Bertz CT molecular complexity index is 269. The first-order valence-corrected chi connectivity index (χ1v) is 7.72. The minimum Gasteiger partial charge on any atom is -0.394 e. The van der Waals surface area contributed by atoms with E-state index in [-0.39, 0.29) is 6.42 Å². The molecule has 0 saturated heterocycles. The molecule has 1 atom stereocenters. The highest BCUT2D eigenvalue weighted by Gasteiger charge is 2.17. The van der Waals surface area contributed by atoms with E-state index in [1.165, 1.54) is 38.5 Å². The Balaban J connectivity index is 3.38. The molecule has 0 aromatic heterocycles.